The Bertz CT molecular complexity index is 2000. The van der Waals surface area contributed by atoms with Crippen molar-refractivity contribution in [1.82, 2.24) is 24.8 Å². The number of rotatable bonds is 11. The molecule has 1 atom stereocenters. The Morgan fingerprint density at radius 3 is 2.74 bits per heavy atom. The van der Waals surface area contributed by atoms with Crippen molar-refractivity contribution in [2.24, 2.45) is 10.8 Å². The van der Waals surface area contributed by atoms with E-state index >= 15 is 0 Å². The lowest BCUT2D eigenvalue weighted by Crippen LogP contribution is -2.73. The van der Waals surface area contributed by atoms with Gasteiger partial charge in [-0.05, 0) is 112 Å². The highest BCUT2D eigenvalue weighted by atomic mass is 35.5. The number of hydrogen-bond acceptors (Lipinski definition) is 7. The van der Waals surface area contributed by atoms with Crippen molar-refractivity contribution in [1.29, 1.82) is 5.26 Å². The Morgan fingerprint density at radius 1 is 1.12 bits per heavy atom. The monoisotopic (exact) mass is 693 g/mol. The molecule has 50 heavy (non-hydrogen) atoms. The third-order valence-corrected chi connectivity index (χ3v) is 12.4. The molecule has 3 aliphatic carbocycles. The van der Waals surface area contributed by atoms with E-state index in [0.29, 0.717) is 16.9 Å². The number of fused-ring (bicyclic) bond motifs is 1. The molecule has 1 spiro atoms. The number of piperidine rings is 1. The van der Waals surface area contributed by atoms with Crippen LogP contribution in [0.15, 0.2) is 61.2 Å². The van der Waals surface area contributed by atoms with Gasteiger partial charge < -0.3 is 19.5 Å². The highest BCUT2D eigenvalue weighted by Crippen LogP contribution is 2.69. The Labute approximate surface area is 298 Å². The minimum atomic E-state index is -0.410. The molecule has 9 rings (SSSR count). The summed E-state index contributed by atoms with van der Waals surface area (Å²) in [5.41, 5.74) is 6.54. The summed E-state index contributed by atoms with van der Waals surface area (Å²) >= 11 is 6.27. The van der Waals surface area contributed by atoms with Gasteiger partial charge in [0.15, 0.2) is 11.6 Å². The van der Waals surface area contributed by atoms with E-state index in [2.05, 4.69) is 74.3 Å². The number of hydrogen-bond donors (Lipinski definition) is 1. The molecule has 5 fully saturated rings. The maximum atomic E-state index is 13.6. The van der Waals surface area contributed by atoms with E-state index in [1.807, 2.05) is 0 Å². The number of allylic oxidation sites excluding steroid dienone is 1. The zero-order chi connectivity index (χ0) is 34.7. The zero-order valence-corrected chi connectivity index (χ0v) is 29.8. The normalized spacial score (nSPS) is 25.7. The van der Waals surface area contributed by atoms with E-state index < -0.39 is 5.82 Å². The Balaban J connectivity index is 0.935. The van der Waals surface area contributed by atoms with Gasteiger partial charge in [0, 0.05) is 60.3 Å². The van der Waals surface area contributed by atoms with Crippen LogP contribution in [0, 0.1) is 34.9 Å². The molecule has 3 saturated carbocycles. The minimum absolute atomic E-state index is 0.155. The van der Waals surface area contributed by atoms with Crippen LogP contribution in [0.5, 0.6) is 11.5 Å². The van der Waals surface area contributed by atoms with Crippen LogP contribution in [0.25, 0.3) is 10.9 Å². The molecular weight excluding hydrogens is 649 g/mol. The molecule has 1 unspecified atom stereocenters. The lowest BCUT2D eigenvalue weighted by atomic mass is 9.38. The van der Waals surface area contributed by atoms with E-state index in [1.165, 1.54) is 65.9 Å². The first kappa shape index (κ1) is 33.0. The number of nitrogens with one attached hydrogen (secondary N) is 1. The number of halogens is 2. The van der Waals surface area contributed by atoms with Gasteiger partial charge in [-0.3, -0.25) is 4.90 Å². The van der Waals surface area contributed by atoms with E-state index in [4.69, 9.17) is 16.3 Å². The Hall–Kier alpha value is -4.13. The molecule has 2 bridgehead atoms. The van der Waals surface area contributed by atoms with Crippen molar-refractivity contribution in [3.05, 3.63) is 88.9 Å². The molecule has 260 valence electrons. The van der Waals surface area contributed by atoms with Crippen LogP contribution in [0.4, 0.5) is 10.2 Å². The maximum Gasteiger partial charge on any atom is 0.188 e. The number of ether oxygens (including phenoxy) is 1. The van der Waals surface area contributed by atoms with E-state index in [0.717, 1.165) is 82.2 Å². The van der Waals surface area contributed by atoms with E-state index in [9.17, 15) is 9.65 Å². The van der Waals surface area contributed by atoms with Crippen molar-refractivity contribution in [3.63, 3.8) is 0 Å². The first-order chi connectivity index (χ1) is 24.1. The van der Waals surface area contributed by atoms with Crippen LogP contribution in [-0.2, 0) is 13.1 Å². The Kier molecular flexibility index (Phi) is 8.31. The van der Waals surface area contributed by atoms with Crippen LogP contribution in [-0.4, -0.2) is 51.2 Å². The summed E-state index contributed by atoms with van der Waals surface area (Å²) in [6.07, 6.45) is 12.3. The van der Waals surface area contributed by atoms with Crippen LogP contribution in [0.2, 0.25) is 5.02 Å². The number of anilines is 1. The van der Waals surface area contributed by atoms with Crippen molar-refractivity contribution in [2.45, 2.75) is 83.8 Å². The van der Waals surface area contributed by atoms with Crippen LogP contribution < -0.4 is 15.0 Å². The smallest absolute Gasteiger partial charge is 0.188 e. The molecule has 10 heteroatoms. The number of aryl methyl sites for hydroxylation is 2. The third kappa shape index (κ3) is 5.90. The fraction of sp³-hybridized carbons (Fsp3) is 0.475. The topological polar surface area (TPSA) is 82.2 Å². The second-order valence-electron chi connectivity index (χ2n) is 15.6. The fourth-order valence-electron chi connectivity index (χ4n) is 9.67. The Morgan fingerprint density at radius 2 is 1.96 bits per heavy atom. The quantitative estimate of drug-likeness (QED) is 0.169. The molecule has 4 heterocycles. The highest BCUT2D eigenvalue weighted by Gasteiger charge is 2.67. The van der Waals surface area contributed by atoms with E-state index in [-0.39, 0.29) is 16.0 Å². The van der Waals surface area contributed by atoms with Crippen molar-refractivity contribution in [3.8, 4) is 17.6 Å². The molecular formula is C40H45ClFN7O. The predicted molar refractivity (Wildman–Crippen MR) is 195 cm³/mol. The molecule has 0 amide bonds. The lowest BCUT2D eigenvalue weighted by molar-refractivity contribution is -0.156. The minimum Gasteiger partial charge on any atom is -0.450 e. The summed E-state index contributed by atoms with van der Waals surface area (Å²) in [5.74, 6) is 1.22. The highest BCUT2D eigenvalue weighted by molar-refractivity contribution is 6.32. The van der Waals surface area contributed by atoms with Gasteiger partial charge in [0.1, 0.15) is 29.7 Å². The average molecular weight is 694 g/mol. The average Bonchev–Trinajstić information content (AvgIpc) is 3.65. The van der Waals surface area contributed by atoms with Gasteiger partial charge in [0.05, 0.1) is 11.2 Å². The van der Waals surface area contributed by atoms with Crippen LogP contribution in [0.1, 0.15) is 75.1 Å². The first-order valence-corrected chi connectivity index (χ1v) is 18.4. The first-order valence-electron chi connectivity index (χ1n) is 18.0. The summed E-state index contributed by atoms with van der Waals surface area (Å²) in [4.78, 5) is 13.7. The number of benzene rings is 2. The van der Waals surface area contributed by atoms with Gasteiger partial charge in [-0.1, -0.05) is 31.2 Å². The molecule has 0 radical (unpaired) electrons. The number of aromatic nitrogens is 3. The van der Waals surface area contributed by atoms with E-state index in [1.54, 1.807) is 12.5 Å². The number of nitriles is 1. The summed E-state index contributed by atoms with van der Waals surface area (Å²) in [7, 11) is 0. The molecule has 8 nitrogen and oxygen atoms in total. The van der Waals surface area contributed by atoms with Gasteiger partial charge in [-0.15, -0.1) is 0 Å². The molecule has 4 aromatic rings. The maximum absolute atomic E-state index is 13.6. The summed E-state index contributed by atoms with van der Waals surface area (Å²) in [5, 5.41) is 15.2. The van der Waals surface area contributed by atoms with Crippen molar-refractivity contribution < 1.29 is 9.13 Å². The summed E-state index contributed by atoms with van der Waals surface area (Å²) in [6.45, 7) is 14.2. The summed E-state index contributed by atoms with van der Waals surface area (Å²) < 4.78 is 22.0. The molecule has 2 aromatic heterocycles. The third-order valence-electron chi connectivity index (χ3n) is 12.1. The molecule has 2 aromatic carbocycles. The van der Waals surface area contributed by atoms with Crippen LogP contribution in [0.3, 0.4) is 0 Å². The van der Waals surface area contributed by atoms with Gasteiger partial charge in [-0.25, -0.2) is 14.4 Å². The van der Waals surface area contributed by atoms with Gasteiger partial charge in [-0.2, -0.15) is 5.26 Å². The van der Waals surface area contributed by atoms with Crippen LogP contribution >= 0.6 is 11.6 Å². The standard InChI is InChI=1S/C40H45ClFN7O/c1-4-27(2)46-40-21-39(22-40,23-40)12-15-49-31(18-43)17-32-28(3)29(6-8-34(32)49)20-47-13-5-10-38(24-47)11-14-48(25-38)37-36(19-44-26-45-37)50-35-9-7-30(42)16-33(35)41/h6-9,16-17,19,26,46H,2,4-5,10-15,20-25H2,1,3H3. The zero-order valence-electron chi connectivity index (χ0n) is 29.1. The van der Waals surface area contributed by atoms with Gasteiger partial charge in [0.2, 0.25) is 0 Å². The number of likely N-dealkylation sites (tertiary alicyclic amines) is 1. The van der Waals surface area contributed by atoms with Gasteiger partial charge in [0.25, 0.3) is 0 Å². The number of nitrogens with zero attached hydrogens (tertiary/aromatic N) is 6. The fourth-order valence-corrected chi connectivity index (χ4v) is 9.87. The molecule has 2 aliphatic heterocycles. The van der Waals surface area contributed by atoms with Crippen molar-refractivity contribution >= 4 is 28.3 Å². The predicted octanol–water partition coefficient (Wildman–Crippen LogP) is 8.51. The second kappa shape index (κ2) is 12.6. The SMILES string of the molecule is C=C(CC)NC12CC(CCn3c(C#N)cc4c(C)c(CN5CCCC6(CCN(c7ncncc7Oc7ccc(F)cc7Cl)C6)C5)ccc43)(C1)C2. The molecule has 2 saturated heterocycles. The van der Waals surface area contributed by atoms with Crippen molar-refractivity contribution in [2.75, 3.05) is 31.1 Å². The molecule has 1 N–H and O–H groups in total. The second-order valence-corrected chi connectivity index (χ2v) is 16.0. The lowest BCUT2D eigenvalue weighted by Gasteiger charge is -2.71. The van der Waals surface area contributed by atoms with Gasteiger partial charge >= 0.3 is 0 Å². The molecule has 5 aliphatic rings. The summed E-state index contributed by atoms with van der Waals surface area (Å²) in [6, 6.07) is 13.3. The largest absolute Gasteiger partial charge is 0.450 e.